The number of likely N-dealkylation sites (tertiary alicyclic amines) is 1. The Balaban J connectivity index is 1.63. The predicted molar refractivity (Wildman–Crippen MR) is 181 cm³/mol. The summed E-state index contributed by atoms with van der Waals surface area (Å²) in [6.45, 7) is 10.6. The molecule has 3 fully saturated rings. The van der Waals surface area contributed by atoms with E-state index in [-0.39, 0.29) is 41.0 Å². The SMILES string of the molecule is C=CCN(CCC)C(=O)[C@H]1[C@@H]2SC3(CC2Br)C(C(=O)N(CC=C)c2ccc(Cl)cc2)N([C@@H](CO)Cc2ccccc2)C(=O)[C@H]13. The summed E-state index contributed by atoms with van der Waals surface area (Å²) in [5.74, 6) is -1.87. The molecule has 10 heteroatoms. The minimum atomic E-state index is -0.900. The highest BCUT2D eigenvalue weighted by molar-refractivity contribution is 9.09. The van der Waals surface area contributed by atoms with Crippen LogP contribution in [0.25, 0.3) is 0 Å². The number of hydrogen-bond donors (Lipinski definition) is 1. The molecule has 3 aliphatic heterocycles. The molecular weight excluding hydrogens is 662 g/mol. The Morgan fingerprint density at radius 2 is 1.82 bits per heavy atom. The standard InChI is InChI=1S/C34H39BrClN3O4S/c1-4-16-37(17-5-2)31(41)27-28-32(42)39(25(21-40)19-22-10-8-7-9-11-22)30(34(28)20-26(35)29(27)44-34)33(43)38(18-6-3)24-14-12-23(36)13-15-24/h4,6-15,25-30,40H,1,3,5,16-21H2,2H3/t25-,26?,27-,28+,29-,30?,34?/m1/s1. The lowest BCUT2D eigenvalue weighted by Gasteiger charge is -2.40. The molecule has 0 aromatic heterocycles. The molecule has 1 spiro atoms. The van der Waals surface area contributed by atoms with Crippen LogP contribution in [0.2, 0.25) is 5.02 Å². The van der Waals surface area contributed by atoms with E-state index in [0.29, 0.717) is 36.6 Å². The number of halogens is 2. The molecule has 3 aliphatic rings. The second-order valence-electron chi connectivity index (χ2n) is 11.7. The average Bonchev–Trinajstić information content (AvgIpc) is 3.62. The lowest BCUT2D eigenvalue weighted by atomic mass is 9.70. The average molecular weight is 701 g/mol. The van der Waals surface area contributed by atoms with Gasteiger partial charge in [-0.25, -0.2) is 0 Å². The topological polar surface area (TPSA) is 81.2 Å². The van der Waals surface area contributed by atoms with Crippen molar-refractivity contribution in [2.24, 2.45) is 11.8 Å². The fourth-order valence-corrected chi connectivity index (χ4v) is 11.0. The molecule has 7 atom stereocenters. The number of carbonyl (C=O) groups is 3. The molecule has 3 amide bonds. The van der Waals surface area contributed by atoms with Crippen molar-refractivity contribution in [3.8, 4) is 0 Å². The van der Waals surface area contributed by atoms with Crippen molar-refractivity contribution in [2.45, 2.75) is 53.1 Å². The molecule has 3 saturated heterocycles. The zero-order chi connectivity index (χ0) is 31.6. The summed E-state index contributed by atoms with van der Waals surface area (Å²) in [5, 5.41) is 11.2. The highest BCUT2D eigenvalue weighted by atomic mass is 79.9. The Labute approximate surface area is 277 Å². The van der Waals surface area contributed by atoms with Crippen LogP contribution >= 0.6 is 39.3 Å². The van der Waals surface area contributed by atoms with Crippen LogP contribution in [0.4, 0.5) is 5.69 Å². The van der Waals surface area contributed by atoms with E-state index in [1.807, 2.05) is 37.3 Å². The van der Waals surface area contributed by atoms with E-state index in [2.05, 4.69) is 29.1 Å². The van der Waals surface area contributed by atoms with E-state index in [0.717, 1.165) is 12.0 Å². The minimum Gasteiger partial charge on any atom is -0.394 e. The highest BCUT2D eigenvalue weighted by Crippen LogP contribution is 2.68. The third kappa shape index (κ3) is 5.77. The van der Waals surface area contributed by atoms with E-state index in [9.17, 15) is 19.5 Å². The number of alkyl halides is 1. The number of rotatable bonds is 13. The maximum absolute atomic E-state index is 14.9. The van der Waals surface area contributed by atoms with E-state index >= 15 is 0 Å². The predicted octanol–water partition coefficient (Wildman–Crippen LogP) is 5.35. The number of nitrogens with zero attached hydrogens (tertiary/aromatic N) is 3. The summed E-state index contributed by atoms with van der Waals surface area (Å²) in [5.41, 5.74) is 1.58. The normalized spacial score (nSPS) is 27.6. The molecule has 44 heavy (non-hydrogen) atoms. The van der Waals surface area contributed by atoms with Crippen LogP contribution in [0.15, 0.2) is 79.9 Å². The van der Waals surface area contributed by atoms with Gasteiger partial charge in [-0.2, -0.15) is 0 Å². The molecular formula is C34H39BrClN3O4S. The fourth-order valence-electron chi connectivity index (χ4n) is 7.31. The maximum Gasteiger partial charge on any atom is 0.251 e. The molecule has 3 unspecified atom stereocenters. The monoisotopic (exact) mass is 699 g/mol. The lowest BCUT2D eigenvalue weighted by Crippen LogP contribution is -2.58. The number of anilines is 1. The van der Waals surface area contributed by atoms with Crippen LogP contribution in [0.5, 0.6) is 0 Å². The first-order valence-corrected chi connectivity index (χ1v) is 17.3. The number of hydrogen-bond acceptors (Lipinski definition) is 5. The second-order valence-corrected chi connectivity index (χ2v) is 14.9. The van der Waals surface area contributed by atoms with E-state index in [1.165, 1.54) is 0 Å². The molecule has 2 aromatic carbocycles. The molecule has 1 N–H and O–H groups in total. The van der Waals surface area contributed by atoms with Gasteiger partial charge < -0.3 is 19.8 Å². The van der Waals surface area contributed by atoms with Crippen LogP contribution in [-0.2, 0) is 20.8 Å². The van der Waals surface area contributed by atoms with Gasteiger partial charge in [-0.15, -0.1) is 24.9 Å². The minimum absolute atomic E-state index is 0.0574. The Morgan fingerprint density at radius 3 is 2.43 bits per heavy atom. The highest BCUT2D eigenvalue weighted by Gasteiger charge is 2.76. The van der Waals surface area contributed by atoms with Gasteiger partial charge in [-0.05, 0) is 49.1 Å². The van der Waals surface area contributed by atoms with Gasteiger partial charge in [-0.1, -0.05) is 76.9 Å². The number of benzene rings is 2. The smallest absolute Gasteiger partial charge is 0.251 e. The van der Waals surface area contributed by atoms with Gasteiger partial charge in [0.15, 0.2) is 0 Å². The number of aliphatic hydroxyl groups is 1. The molecule has 0 radical (unpaired) electrons. The van der Waals surface area contributed by atoms with Gasteiger partial charge in [0.05, 0.1) is 29.2 Å². The third-order valence-electron chi connectivity index (χ3n) is 9.04. The molecule has 234 valence electrons. The molecule has 0 saturated carbocycles. The Kier molecular flexibility index (Phi) is 10.3. The van der Waals surface area contributed by atoms with Gasteiger partial charge in [-0.3, -0.25) is 14.4 Å². The number of carbonyl (C=O) groups excluding carboxylic acids is 3. The van der Waals surface area contributed by atoms with Crippen molar-refractivity contribution in [1.29, 1.82) is 0 Å². The van der Waals surface area contributed by atoms with Crippen molar-refractivity contribution in [2.75, 3.05) is 31.1 Å². The van der Waals surface area contributed by atoms with Crippen molar-refractivity contribution in [1.82, 2.24) is 9.80 Å². The van der Waals surface area contributed by atoms with Gasteiger partial charge in [0, 0.05) is 40.4 Å². The van der Waals surface area contributed by atoms with E-state index in [4.69, 9.17) is 11.6 Å². The van der Waals surface area contributed by atoms with Crippen LogP contribution in [0, 0.1) is 11.8 Å². The van der Waals surface area contributed by atoms with Gasteiger partial charge in [0.1, 0.15) is 6.04 Å². The molecule has 3 heterocycles. The van der Waals surface area contributed by atoms with Crippen LogP contribution < -0.4 is 4.90 Å². The largest absolute Gasteiger partial charge is 0.394 e. The summed E-state index contributed by atoms with van der Waals surface area (Å²) in [7, 11) is 0. The van der Waals surface area contributed by atoms with Crippen molar-refractivity contribution >= 4 is 62.7 Å². The quantitative estimate of drug-likeness (QED) is 0.225. The summed E-state index contributed by atoms with van der Waals surface area (Å²) in [4.78, 5) is 48.9. The van der Waals surface area contributed by atoms with E-state index in [1.54, 1.807) is 62.9 Å². The molecule has 2 bridgehead atoms. The van der Waals surface area contributed by atoms with Gasteiger partial charge in [0.25, 0.3) is 5.91 Å². The van der Waals surface area contributed by atoms with Crippen molar-refractivity contribution in [3.05, 3.63) is 90.5 Å². The zero-order valence-electron chi connectivity index (χ0n) is 24.9. The van der Waals surface area contributed by atoms with Crippen molar-refractivity contribution in [3.63, 3.8) is 0 Å². The lowest BCUT2D eigenvalue weighted by molar-refractivity contribution is -0.145. The number of thioether (sulfide) groups is 1. The molecule has 7 nitrogen and oxygen atoms in total. The van der Waals surface area contributed by atoms with Crippen molar-refractivity contribution < 1.29 is 19.5 Å². The van der Waals surface area contributed by atoms with Crippen LogP contribution in [0.3, 0.4) is 0 Å². The summed E-state index contributed by atoms with van der Waals surface area (Å²) in [6.07, 6.45) is 5.08. The first kappa shape index (κ1) is 32.8. The summed E-state index contributed by atoms with van der Waals surface area (Å²) >= 11 is 11.6. The van der Waals surface area contributed by atoms with Gasteiger partial charge in [0.2, 0.25) is 11.8 Å². The summed E-state index contributed by atoms with van der Waals surface area (Å²) in [6, 6.07) is 15.1. The Bertz CT molecular complexity index is 1390. The number of aliphatic hydroxyl groups excluding tert-OH is 1. The molecule has 0 aliphatic carbocycles. The maximum atomic E-state index is 14.9. The molecule has 2 aromatic rings. The fraction of sp³-hybridized carbons (Fsp3) is 0.441. The molecule has 5 rings (SSSR count). The first-order valence-electron chi connectivity index (χ1n) is 15.1. The second kappa shape index (κ2) is 13.8. The number of amides is 3. The third-order valence-corrected chi connectivity index (χ3v) is 12.5. The Morgan fingerprint density at radius 1 is 1.14 bits per heavy atom. The van der Waals surface area contributed by atoms with Gasteiger partial charge >= 0.3 is 0 Å². The summed E-state index contributed by atoms with van der Waals surface area (Å²) < 4.78 is -0.852. The van der Waals surface area contributed by atoms with Crippen LogP contribution in [-0.4, -0.2) is 85.8 Å². The zero-order valence-corrected chi connectivity index (χ0v) is 28.0. The van der Waals surface area contributed by atoms with E-state index < -0.39 is 28.7 Å². The Hall–Kier alpha value is -2.59. The number of fused-ring (bicyclic) bond motifs is 1. The first-order chi connectivity index (χ1) is 21.2. The van der Waals surface area contributed by atoms with Crippen LogP contribution in [0.1, 0.15) is 25.3 Å².